The first-order valence-corrected chi connectivity index (χ1v) is 7.23. The molecule has 1 rings (SSSR count). The van der Waals surface area contributed by atoms with Crippen molar-refractivity contribution in [2.24, 2.45) is 5.92 Å². The van der Waals surface area contributed by atoms with Crippen LogP contribution in [0.3, 0.4) is 0 Å². The molecule has 0 radical (unpaired) electrons. The van der Waals surface area contributed by atoms with Crippen LogP contribution in [0.2, 0.25) is 0 Å². The molecule has 8 heteroatoms. The number of halogens is 8. The van der Waals surface area contributed by atoms with Crippen LogP contribution >= 0.6 is 22.6 Å². The zero-order valence-corrected chi connectivity index (χ0v) is 12.1. The summed E-state index contributed by atoms with van der Waals surface area (Å²) in [6.07, 6.45) is -10.0. The minimum Gasteiger partial charge on any atom is -0.223 e. The predicted molar refractivity (Wildman–Crippen MR) is 64.9 cm³/mol. The molecule has 0 aromatic rings. The Labute approximate surface area is 120 Å². The van der Waals surface area contributed by atoms with Crippen molar-refractivity contribution in [1.29, 1.82) is 0 Å². The van der Waals surface area contributed by atoms with Crippen LogP contribution in [0.4, 0.5) is 30.7 Å². The molecular weight excluding hydrogens is 392 g/mol. The fraction of sp³-hybridized carbons (Fsp3) is 1.00. The minimum atomic E-state index is -5.93. The van der Waals surface area contributed by atoms with Gasteiger partial charge in [-0.15, -0.1) is 0 Å². The van der Waals surface area contributed by atoms with Crippen molar-refractivity contribution in [3.8, 4) is 0 Å². The standard InChI is InChI=1S/C11H14F7I/c12-9(10(13,14)15,11(16,17)18)7-5-3-1-2-4-6-8(7)19/h7-8H,1-6H2. The lowest BCUT2D eigenvalue weighted by atomic mass is 9.78. The van der Waals surface area contributed by atoms with Crippen LogP contribution in [-0.2, 0) is 0 Å². The minimum absolute atomic E-state index is 0.184. The number of hydrogen-bond acceptors (Lipinski definition) is 0. The monoisotopic (exact) mass is 406 g/mol. The van der Waals surface area contributed by atoms with E-state index in [1.807, 2.05) is 0 Å². The molecule has 1 fully saturated rings. The number of alkyl halides is 8. The molecule has 0 aromatic carbocycles. The molecule has 114 valence electrons. The Bertz CT molecular complexity index is 282. The molecule has 1 aliphatic carbocycles. The van der Waals surface area contributed by atoms with Crippen LogP contribution in [0.5, 0.6) is 0 Å². The summed E-state index contributed by atoms with van der Waals surface area (Å²) in [5.74, 6) is -2.06. The van der Waals surface area contributed by atoms with Gasteiger partial charge in [0.05, 0.1) is 0 Å². The van der Waals surface area contributed by atoms with Crippen molar-refractivity contribution in [2.45, 2.75) is 60.5 Å². The van der Waals surface area contributed by atoms with E-state index in [1.165, 1.54) is 22.6 Å². The van der Waals surface area contributed by atoms with Crippen molar-refractivity contribution < 1.29 is 30.7 Å². The highest BCUT2D eigenvalue weighted by atomic mass is 127. The molecule has 2 unspecified atom stereocenters. The van der Waals surface area contributed by atoms with Gasteiger partial charge in [-0.05, 0) is 12.8 Å². The Kier molecular flexibility index (Phi) is 5.40. The van der Waals surface area contributed by atoms with Crippen LogP contribution in [0, 0.1) is 5.92 Å². The normalized spacial score (nSPS) is 27.8. The molecule has 0 spiro atoms. The van der Waals surface area contributed by atoms with Crippen molar-refractivity contribution in [2.75, 3.05) is 0 Å². The van der Waals surface area contributed by atoms with Crippen molar-refractivity contribution in [1.82, 2.24) is 0 Å². The van der Waals surface area contributed by atoms with Gasteiger partial charge in [-0.1, -0.05) is 48.3 Å². The summed E-state index contributed by atoms with van der Waals surface area (Å²) in [4.78, 5) is 0. The highest BCUT2D eigenvalue weighted by molar-refractivity contribution is 14.1. The van der Waals surface area contributed by atoms with Crippen LogP contribution in [0.25, 0.3) is 0 Å². The second-order valence-corrected chi connectivity index (χ2v) is 6.42. The van der Waals surface area contributed by atoms with Crippen LogP contribution in [-0.4, -0.2) is 21.9 Å². The summed E-state index contributed by atoms with van der Waals surface area (Å²) >= 11 is 1.53. The first kappa shape index (κ1) is 17.3. The molecule has 19 heavy (non-hydrogen) atoms. The van der Waals surface area contributed by atoms with Crippen molar-refractivity contribution >= 4 is 22.6 Å². The van der Waals surface area contributed by atoms with E-state index in [0.29, 0.717) is 12.8 Å². The molecule has 0 N–H and O–H groups in total. The zero-order chi connectivity index (χ0) is 14.9. The van der Waals surface area contributed by atoms with E-state index < -0.39 is 27.9 Å². The Morgan fingerprint density at radius 3 is 1.53 bits per heavy atom. The quantitative estimate of drug-likeness (QED) is 0.303. The molecule has 0 nitrogen and oxygen atoms in total. The second kappa shape index (κ2) is 5.93. The number of rotatable bonds is 1. The van der Waals surface area contributed by atoms with E-state index in [1.54, 1.807) is 0 Å². The molecule has 2 atom stereocenters. The first-order valence-electron chi connectivity index (χ1n) is 5.98. The van der Waals surface area contributed by atoms with Gasteiger partial charge < -0.3 is 0 Å². The van der Waals surface area contributed by atoms with Gasteiger partial charge in [0.1, 0.15) is 0 Å². The fourth-order valence-corrected chi connectivity index (χ4v) is 3.76. The topological polar surface area (TPSA) is 0 Å². The summed E-state index contributed by atoms with van der Waals surface area (Å²) in [6, 6.07) is 0. The molecule has 0 aromatic heterocycles. The third-order valence-electron chi connectivity index (χ3n) is 3.52. The van der Waals surface area contributed by atoms with E-state index in [2.05, 4.69) is 0 Å². The van der Waals surface area contributed by atoms with Gasteiger partial charge in [0.15, 0.2) is 0 Å². The second-order valence-electron chi connectivity index (χ2n) is 4.82. The van der Waals surface area contributed by atoms with E-state index >= 15 is 0 Å². The molecule has 1 saturated carbocycles. The third kappa shape index (κ3) is 3.47. The average molecular weight is 406 g/mol. The summed E-state index contributed by atoms with van der Waals surface area (Å²) < 4.78 is 89.2. The van der Waals surface area contributed by atoms with Gasteiger partial charge in [-0.2, -0.15) is 26.3 Å². The molecule has 0 bridgehead atoms. The van der Waals surface area contributed by atoms with Gasteiger partial charge in [-0.25, -0.2) is 4.39 Å². The lowest BCUT2D eigenvalue weighted by Gasteiger charge is -2.39. The van der Waals surface area contributed by atoms with Gasteiger partial charge >= 0.3 is 18.0 Å². The fourth-order valence-electron chi connectivity index (χ4n) is 2.47. The summed E-state index contributed by atoms with van der Waals surface area (Å²) in [6.45, 7) is 0. The van der Waals surface area contributed by atoms with Crippen LogP contribution in [0.15, 0.2) is 0 Å². The van der Waals surface area contributed by atoms with Gasteiger partial charge in [0.2, 0.25) is 0 Å². The molecule has 1 aliphatic rings. The van der Waals surface area contributed by atoms with Crippen molar-refractivity contribution in [3.63, 3.8) is 0 Å². The highest BCUT2D eigenvalue weighted by Gasteiger charge is 2.76. The Morgan fingerprint density at radius 2 is 1.11 bits per heavy atom. The van der Waals surface area contributed by atoms with E-state index in [9.17, 15) is 30.7 Å². The van der Waals surface area contributed by atoms with Crippen LogP contribution < -0.4 is 0 Å². The number of hydrogen-bond donors (Lipinski definition) is 0. The van der Waals surface area contributed by atoms with E-state index in [-0.39, 0.29) is 19.3 Å². The molecule has 0 heterocycles. The summed E-state index contributed by atoms with van der Waals surface area (Å²) in [5, 5.41) is 0. The largest absolute Gasteiger partial charge is 0.431 e. The Hall–Kier alpha value is 0.240. The molecule has 0 amide bonds. The highest BCUT2D eigenvalue weighted by Crippen LogP contribution is 2.54. The first-order chi connectivity index (χ1) is 8.52. The van der Waals surface area contributed by atoms with E-state index in [4.69, 9.17) is 0 Å². The average Bonchev–Trinajstić information content (AvgIpc) is 2.20. The molecular formula is C11H14F7I. The summed E-state index contributed by atoms with van der Waals surface area (Å²) in [7, 11) is 0. The van der Waals surface area contributed by atoms with Crippen molar-refractivity contribution in [3.05, 3.63) is 0 Å². The SMILES string of the molecule is FC(F)(F)C(F)(C1CCCCCCC1I)C(F)(F)F. The Morgan fingerprint density at radius 1 is 0.684 bits per heavy atom. The van der Waals surface area contributed by atoms with Gasteiger partial charge in [0.25, 0.3) is 0 Å². The maximum absolute atomic E-state index is 14.0. The third-order valence-corrected chi connectivity index (χ3v) is 5.01. The van der Waals surface area contributed by atoms with E-state index in [0.717, 1.165) is 6.42 Å². The molecule has 0 saturated heterocycles. The Balaban J connectivity index is 3.15. The lowest BCUT2D eigenvalue weighted by Crippen LogP contribution is -2.60. The maximum atomic E-state index is 14.0. The zero-order valence-electron chi connectivity index (χ0n) is 9.92. The predicted octanol–water partition coefficient (Wildman–Crippen LogP) is 5.59. The molecule has 0 aliphatic heterocycles. The smallest absolute Gasteiger partial charge is 0.223 e. The van der Waals surface area contributed by atoms with Gasteiger partial charge in [-0.3, -0.25) is 0 Å². The lowest BCUT2D eigenvalue weighted by molar-refractivity contribution is -0.358. The van der Waals surface area contributed by atoms with Crippen LogP contribution in [0.1, 0.15) is 38.5 Å². The van der Waals surface area contributed by atoms with Gasteiger partial charge in [0, 0.05) is 9.84 Å². The maximum Gasteiger partial charge on any atom is 0.431 e. The summed E-state index contributed by atoms with van der Waals surface area (Å²) in [5.41, 5.74) is -5.11.